The van der Waals surface area contributed by atoms with Crippen molar-refractivity contribution in [3.63, 3.8) is 0 Å². The molecule has 3 aliphatic rings. The monoisotopic (exact) mass is 476 g/mol. The summed E-state index contributed by atoms with van der Waals surface area (Å²) in [6.45, 7) is 1.70. The smallest absolute Gasteiger partial charge is 0.258 e. The molecule has 5 rings (SSSR count). The lowest BCUT2D eigenvalue weighted by atomic mass is 9.57. The number of ether oxygens (including phenoxy) is 1. The second kappa shape index (κ2) is 10.1. The van der Waals surface area contributed by atoms with E-state index in [1.54, 1.807) is 12.1 Å². The van der Waals surface area contributed by atoms with Gasteiger partial charge in [-0.2, -0.15) is 0 Å². The van der Waals surface area contributed by atoms with Gasteiger partial charge in [-0.05, 0) is 74.3 Å². The van der Waals surface area contributed by atoms with Crippen LogP contribution in [0.1, 0.15) is 31.7 Å². The number of carbonyl (C=O) groups is 2. The van der Waals surface area contributed by atoms with E-state index in [4.69, 9.17) is 16.3 Å². The van der Waals surface area contributed by atoms with E-state index in [-0.39, 0.29) is 53.0 Å². The zero-order chi connectivity index (χ0) is 23.5. The third-order valence-electron chi connectivity index (χ3n) is 6.64. The van der Waals surface area contributed by atoms with E-state index in [2.05, 4.69) is 10.6 Å². The number of benzene rings is 2. The SMILES string of the molecule is CC(Cc1ccc(F)cc1)NC(=O)C1CC(NC(=O)COc2ccc(Cl)c(F)c2)C2CC1C2. The number of halogens is 3. The maximum Gasteiger partial charge on any atom is 0.258 e. The predicted octanol–water partition coefficient (Wildman–Crippen LogP) is 4.28. The van der Waals surface area contributed by atoms with Crippen LogP contribution in [0.25, 0.3) is 0 Å². The molecule has 0 aliphatic heterocycles. The standard InChI is InChI=1S/C25H27ClF2N2O3/c1-14(8-15-2-4-18(27)5-3-15)29-25(32)20-12-23(17-9-16(20)10-17)30-24(31)13-33-19-6-7-21(26)22(28)11-19/h2-7,11,14,16-17,20,23H,8-10,12-13H2,1H3,(H,29,32)(H,30,31). The first-order valence-electron chi connectivity index (χ1n) is 11.2. The molecule has 0 spiro atoms. The third-order valence-corrected chi connectivity index (χ3v) is 6.95. The summed E-state index contributed by atoms with van der Waals surface area (Å²) in [6.07, 6.45) is 3.04. The molecule has 176 valence electrons. The average molecular weight is 477 g/mol. The molecule has 3 fully saturated rings. The minimum Gasteiger partial charge on any atom is -0.484 e. The summed E-state index contributed by atoms with van der Waals surface area (Å²) in [4.78, 5) is 25.3. The fourth-order valence-electron chi connectivity index (χ4n) is 4.86. The molecular formula is C25H27ClF2N2O3. The molecule has 3 aliphatic carbocycles. The van der Waals surface area contributed by atoms with Crippen LogP contribution < -0.4 is 15.4 Å². The van der Waals surface area contributed by atoms with Gasteiger partial charge in [-0.25, -0.2) is 8.78 Å². The Bertz CT molecular complexity index is 1010. The third kappa shape index (κ3) is 5.82. The van der Waals surface area contributed by atoms with Crippen molar-refractivity contribution in [1.29, 1.82) is 0 Å². The zero-order valence-electron chi connectivity index (χ0n) is 18.3. The summed E-state index contributed by atoms with van der Waals surface area (Å²) in [6, 6.07) is 10.1. The Balaban J connectivity index is 1.26. The van der Waals surface area contributed by atoms with Gasteiger partial charge in [-0.3, -0.25) is 9.59 Å². The van der Waals surface area contributed by atoms with Crippen LogP contribution in [0.5, 0.6) is 5.75 Å². The molecule has 2 amide bonds. The van der Waals surface area contributed by atoms with Gasteiger partial charge in [0.25, 0.3) is 5.91 Å². The van der Waals surface area contributed by atoms with Crippen molar-refractivity contribution < 1.29 is 23.1 Å². The lowest BCUT2D eigenvalue weighted by Gasteiger charge is -2.50. The molecule has 2 aromatic rings. The van der Waals surface area contributed by atoms with Crippen molar-refractivity contribution in [2.45, 2.75) is 44.7 Å². The highest BCUT2D eigenvalue weighted by Crippen LogP contribution is 2.49. The van der Waals surface area contributed by atoms with Crippen LogP contribution in [0.3, 0.4) is 0 Å². The summed E-state index contributed by atoms with van der Waals surface area (Å²) in [5.41, 5.74) is 0.960. The quantitative estimate of drug-likeness (QED) is 0.597. The van der Waals surface area contributed by atoms with Gasteiger partial charge in [0.1, 0.15) is 17.4 Å². The minimum atomic E-state index is -0.607. The van der Waals surface area contributed by atoms with Gasteiger partial charge in [0.2, 0.25) is 5.91 Å². The van der Waals surface area contributed by atoms with E-state index < -0.39 is 5.82 Å². The molecule has 0 radical (unpaired) electrons. The Morgan fingerprint density at radius 2 is 1.82 bits per heavy atom. The number of hydrogen-bond acceptors (Lipinski definition) is 3. The van der Waals surface area contributed by atoms with Crippen LogP contribution >= 0.6 is 11.6 Å². The largest absolute Gasteiger partial charge is 0.484 e. The van der Waals surface area contributed by atoms with E-state index in [1.165, 1.54) is 24.3 Å². The molecule has 2 bridgehead atoms. The second-order valence-corrected chi connectivity index (χ2v) is 9.52. The summed E-state index contributed by atoms with van der Waals surface area (Å²) in [7, 11) is 0. The van der Waals surface area contributed by atoms with E-state index in [0.29, 0.717) is 24.7 Å². The summed E-state index contributed by atoms with van der Waals surface area (Å²) in [5.74, 6) is -0.401. The van der Waals surface area contributed by atoms with Gasteiger partial charge in [-0.15, -0.1) is 0 Å². The van der Waals surface area contributed by atoms with E-state index >= 15 is 0 Å². The minimum absolute atomic E-state index is 0.0000925. The zero-order valence-corrected chi connectivity index (χ0v) is 19.1. The normalized spacial score (nSPS) is 24.4. The summed E-state index contributed by atoms with van der Waals surface area (Å²) < 4.78 is 32.0. The number of carbonyl (C=O) groups excluding carboxylic acids is 2. The van der Waals surface area contributed by atoms with Crippen molar-refractivity contribution in [2.24, 2.45) is 17.8 Å². The number of rotatable bonds is 8. The van der Waals surface area contributed by atoms with Crippen LogP contribution in [0, 0.1) is 29.4 Å². The molecule has 0 aromatic heterocycles. The Morgan fingerprint density at radius 3 is 2.52 bits per heavy atom. The van der Waals surface area contributed by atoms with E-state index in [9.17, 15) is 18.4 Å². The van der Waals surface area contributed by atoms with Crippen LogP contribution in [0.15, 0.2) is 42.5 Å². The first-order chi connectivity index (χ1) is 15.8. The van der Waals surface area contributed by atoms with Gasteiger partial charge in [0, 0.05) is 24.1 Å². The lowest BCUT2D eigenvalue weighted by Crippen LogP contribution is -2.57. The van der Waals surface area contributed by atoms with Gasteiger partial charge < -0.3 is 15.4 Å². The van der Waals surface area contributed by atoms with Gasteiger partial charge in [0.05, 0.1) is 5.02 Å². The fraction of sp³-hybridized carbons (Fsp3) is 0.440. The number of fused-ring (bicyclic) bond motifs is 2. The van der Waals surface area contributed by atoms with Crippen LogP contribution in [-0.2, 0) is 16.0 Å². The van der Waals surface area contributed by atoms with Crippen LogP contribution in [0.2, 0.25) is 5.02 Å². The van der Waals surface area contributed by atoms with Gasteiger partial charge >= 0.3 is 0 Å². The van der Waals surface area contributed by atoms with Crippen molar-refractivity contribution in [1.82, 2.24) is 10.6 Å². The Morgan fingerprint density at radius 1 is 1.09 bits per heavy atom. The fourth-order valence-corrected chi connectivity index (χ4v) is 4.98. The lowest BCUT2D eigenvalue weighted by molar-refractivity contribution is -0.136. The first-order valence-corrected chi connectivity index (χ1v) is 11.6. The average Bonchev–Trinajstić information content (AvgIpc) is 2.75. The van der Waals surface area contributed by atoms with Crippen molar-refractivity contribution in [3.8, 4) is 5.75 Å². The summed E-state index contributed by atoms with van der Waals surface area (Å²) in [5, 5.41) is 6.06. The molecule has 3 unspecified atom stereocenters. The Labute approximate surface area is 196 Å². The molecule has 3 atom stereocenters. The highest BCUT2D eigenvalue weighted by molar-refractivity contribution is 6.30. The molecule has 3 saturated carbocycles. The van der Waals surface area contributed by atoms with Crippen molar-refractivity contribution in [2.75, 3.05) is 6.61 Å². The highest BCUT2D eigenvalue weighted by atomic mass is 35.5. The van der Waals surface area contributed by atoms with E-state index in [1.807, 2.05) is 6.92 Å². The maximum atomic E-state index is 13.5. The summed E-state index contributed by atoms with van der Waals surface area (Å²) >= 11 is 5.65. The molecule has 33 heavy (non-hydrogen) atoms. The number of hydrogen-bond donors (Lipinski definition) is 2. The molecular weight excluding hydrogens is 450 g/mol. The van der Waals surface area contributed by atoms with Crippen LogP contribution in [-0.4, -0.2) is 30.5 Å². The Hall–Kier alpha value is -2.67. The van der Waals surface area contributed by atoms with E-state index in [0.717, 1.165) is 24.5 Å². The maximum absolute atomic E-state index is 13.5. The highest BCUT2D eigenvalue weighted by Gasteiger charge is 2.49. The Kier molecular flexibility index (Phi) is 7.17. The first kappa shape index (κ1) is 23.5. The second-order valence-electron chi connectivity index (χ2n) is 9.11. The molecule has 0 heterocycles. The van der Waals surface area contributed by atoms with Crippen molar-refractivity contribution in [3.05, 3.63) is 64.7 Å². The van der Waals surface area contributed by atoms with Gasteiger partial charge in [-0.1, -0.05) is 23.7 Å². The van der Waals surface area contributed by atoms with Gasteiger partial charge in [0.15, 0.2) is 6.61 Å². The van der Waals surface area contributed by atoms with Crippen molar-refractivity contribution >= 4 is 23.4 Å². The van der Waals surface area contributed by atoms with Crippen LogP contribution in [0.4, 0.5) is 8.78 Å². The topological polar surface area (TPSA) is 67.4 Å². The molecule has 0 saturated heterocycles. The number of amides is 2. The molecule has 8 heteroatoms. The number of nitrogens with one attached hydrogen (secondary N) is 2. The molecule has 2 N–H and O–H groups in total. The predicted molar refractivity (Wildman–Crippen MR) is 121 cm³/mol. The molecule has 5 nitrogen and oxygen atoms in total. The molecule has 2 aromatic carbocycles.